The van der Waals surface area contributed by atoms with E-state index in [2.05, 4.69) is 6.07 Å². The minimum absolute atomic E-state index is 0.0391. The molecule has 5 heteroatoms. The number of nitrogens with zero attached hydrogens (tertiary/aromatic N) is 2. The smallest absolute Gasteiger partial charge is 0.250 e. The molecular formula is C12H16N4O. The Hall–Kier alpha value is -2.22. The Bertz CT molecular complexity index is 464. The number of nitrogen functional groups attached to an aromatic ring is 1. The van der Waals surface area contributed by atoms with Crippen LogP contribution in [0.25, 0.3) is 0 Å². The second-order valence-electron chi connectivity index (χ2n) is 3.93. The third-order valence-corrected chi connectivity index (χ3v) is 2.73. The Morgan fingerprint density at radius 1 is 1.59 bits per heavy atom. The predicted molar refractivity (Wildman–Crippen MR) is 67.5 cm³/mol. The fourth-order valence-electron chi connectivity index (χ4n) is 1.64. The second kappa shape index (κ2) is 5.21. The highest BCUT2D eigenvalue weighted by molar-refractivity contribution is 6.01. The van der Waals surface area contributed by atoms with Crippen LogP contribution in [0.5, 0.6) is 0 Å². The Morgan fingerprint density at radius 2 is 2.24 bits per heavy atom. The van der Waals surface area contributed by atoms with Gasteiger partial charge in [0.15, 0.2) is 0 Å². The van der Waals surface area contributed by atoms with Crippen LogP contribution in [0.4, 0.5) is 11.4 Å². The Morgan fingerprint density at radius 3 is 2.76 bits per heavy atom. The Labute approximate surface area is 101 Å². The summed E-state index contributed by atoms with van der Waals surface area (Å²) < 4.78 is 0. The lowest BCUT2D eigenvalue weighted by Crippen LogP contribution is -2.31. The van der Waals surface area contributed by atoms with E-state index in [-0.39, 0.29) is 6.04 Å². The van der Waals surface area contributed by atoms with E-state index in [1.807, 2.05) is 6.92 Å². The zero-order chi connectivity index (χ0) is 13.0. The summed E-state index contributed by atoms with van der Waals surface area (Å²) >= 11 is 0. The van der Waals surface area contributed by atoms with Gasteiger partial charge in [0.25, 0.3) is 5.91 Å². The molecule has 5 nitrogen and oxygen atoms in total. The van der Waals surface area contributed by atoms with Gasteiger partial charge in [-0.1, -0.05) is 6.07 Å². The van der Waals surface area contributed by atoms with Gasteiger partial charge in [0.2, 0.25) is 0 Å². The zero-order valence-corrected chi connectivity index (χ0v) is 9.97. The molecule has 1 rings (SSSR count). The van der Waals surface area contributed by atoms with Crippen LogP contribution in [0.1, 0.15) is 23.7 Å². The summed E-state index contributed by atoms with van der Waals surface area (Å²) in [4.78, 5) is 13.1. The molecule has 17 heavy (non-hydrogen) atoms. The van der Waals surface area contributed by atoms with Crippen molar-refractivity contribution in [2.45, 2.75) is 19.4 Å². The maximum Gasteiger partial charge on any atom is 0.250 e. The van der Waals surface area contributed by atoms with Crippen molar-refractivity contribution in [3.05, 3.63) is 23.8 Å². The average molecular weight is 232 g/mol. The normalized spacial score (nSPS) is 11.6. The Balaban J connectivity index is 3.20. The first-order valence-corrected chi connectivity index (χ1v) is 5.27. The third-order valence-electron chi connectivity index (χ3n) is 2.73. The molecule has 0 aliphatic carbocycles. The minimum atomic E-state index is -0.525. The van der Waals surface area contributed by atoms with Crippen LogP contribution >= 0.6 is 0 Å². The summed E-state index contributed by atoms with van der Waals surface area (Å²) in [5, 5.41) is 8.68. The number of nitriles is 1. The molecule has 0 aliphatic rings. The average Bonchev–Trinajstić information content (AvgIpc) is 2.28. The number of benzene rings is 1. The topological polar surface area (TPSA) is 96.1 Å². The van der Waals surface area contributed by atoms with Crippen LogP contribution in [0.3, 0.4) is 0 Å². The predicted octanol–water partition coefficient (Wildman–Crippen LogP) is 1.11. The lowest BCUT2D eigenvalue weighted by Gasteiger charge is -2.28. The highest BCUT2D eigenvalue weighted by Crippen LogP contribution is 2.28. The van der Waals surface area contributed by atoms with Crippen LogP contribution < -0.4 is 16.4 Å². The fraction of sp³-hybridized carbons (Fsp3) is 0.333. The second-order valence-corrected chi connectivity index (χ2v) is 3.93. The molecule has 1 atom stereocenters. The molecule has 1 aromatic rings. The first kappa shape index (κ1) is 12.8. The maximum absolute atomic E-state index is 11.3. The standard InChI is InChI=1S/C12H16N4O/c1-8(6-7-13)16(2)11-9(12(15)17)4-3-5-10(11)14/h3-5,8H,6,14H2,1-2H3,(H2,15,17). The molecule has 0 saturated heterocycles. The van der Waals surface area contributed by atoms with E-state index in [9.17, 15) is 4.79 Å². The molecule has 1 aromatic carbocycles. The van der Waals surface area contributed by atoms with E-state index in [1.54, 1.807) is 30.1 Å². The molecule has 0 radical (unpaired) electrons. The van der Waals surface area contributed by atoms with E-state index < -0.39 is 5.91 Å². The van der Waals surface area contributed by atoms with Crippen LogP contribution in [-0.4, -0.2) is 19.0 Å². The van der Waals surface area contributed by atoms with Gasteiger partial charge in [0.05, 0.1) is 29.4 Å². The van der Waals surface area contributed by atoms with Crippen LogP contribution in [0, 0.1) is 11.3 Å². The van der Waals surface area contributed by atoms with Gasteiger partial charge in [-0.25, -0.2) is 0 Å². The first-order valence-electron chi connectivity index (χ1n) is 5.27. The van der Waals surface area contributed by atoms with Gasteiger partial charge >= 0.3 is 0 Å². The van der Waals surface area contributed by atoms with Crippen molar-refractivity contribution in [2.24, 2.45) is 5.73 Å². The number of carbonyl (C=O) groups is 1. The molecule has 0 bridgehead atoms. The van der Waals surface area contributed by atoms with Crippen molar-refractivity contribution in [3.63, 3.8) is 0 Å². The quantitative estimate of drug-likeness (QED) is 0.760. The van der Waals surface area contributed by atoms with Gasteiger partial charge in [-0.15, -0.1) is 0 Å². The fourth-order valence-corrected chi connectivity index (χ4v) is 1.64. The molecule has 0 fully saturated rings. The molecular weight excluding hydrogens is 216 g/mol. The van der Waals surface area contributed by atoms with E-state index in [0.29, 0.717) is 23.4 Å². The van der Waals surface area contributed by atoms with Crippen molar-refractivity contribution >= 4 is 17.3 Å². The van der Waals surface area contributed by atoms with E-state index in [4.69, 9.17) is 16.7 Å². The van der Waals surface area contributed by atoms with Crippen LogP contribution in [-0.2, 0) is 0 Å². The molecule has 1 unspecified atom stereocenters. The summed E-state index contributed by atoms with van der Waals surface area (Å²) in [6, 6.07) is 7.07. The molecule has 90 valence electrons. The summed E-state index contributed by atoms with van der Waals surface area (Å²) in [5.74, 6) is -0.525. The highest BCUT2D eigenvalue weighted by Gasteiger charge is 2.18. The molecule has 0 aromatic heterocycles. The van der Waals surface area contributed by atoms with E-state index >= 15 is 0 Å². The lowest BCUT2D eigenvalue weighted by atomic mass is 10.1. The van der Waals surface area contributed by atoms with E-state index in [0.717, 1.165) is 0 Å². The monoisotopic (exact) mass is 232 g/mol. The number of carbonyl (C=O) groups excluding carboxylic acids is 1. The maximum atomic E-state index is 11.3. The van der Waals surface area contributed by atoms with Crippen LogP contribution in [0.15, 0.2) is 18.2 Å². The zero-order valence-electron chi connectivity index (χ0n) is 9.97. The molecule has 4 N–H and O–H groups in total. The Kier molecular flexibility index (Phi) is 3.94. The minimum Gasteiger partial charge on any atom is -0.397 e. The van der Waals surface area contributed by atoms with Crippen molar-refractivity contribution in [2.75, 3.05) is 17.7 Å². The molecule has 0 spiro atoms. The third kappa shape index (κ3) is 2.67. The number of primary amides is 1. The number of hydrogen-bond acceptors (Lipinski definition) is 4. The summed E-state index contributed by atoms with van der Waals surface area (Å²) in [5.41, 5.74) is 12.6. The van der Waals surface area contributed by atoms with Crippen molar-refractivity contribution in [1.29, 1.82) is 5.26 Å². The van der Waals surface area contributed by atoms with Gasteiger partial charge in [-0.05, 0) is 19.1 Å². The summed E-state index contributed by atoms with van der Waals surface area (Å²) in [7, 11) is 1.79. The van der Waals surface area contributed by atoms with Gasteiger partial charge in [0, 0.05) is 13.1 Å². The van der Waals surface area contributed by atoms with Crippen molar-refractivity contribution in [1.82, 2.24) is 0 Å². The first-order chi connectivity index (χ1) is 7.99. The molecule has 0 heterocycles. The molecule has 0 saturated carbocycles. The van der Waals surface area contributed by atoms with Crippen LogP contribution in [0.2, 0.25) is 0 Å². The lowest BCUT2D eigenvalue weighted by molar-refractivity contribution is 0.100. The summed E-state index contributed by atoms with van der Waals surface area (Å²) in [6.07, 6.45) is 0.350. The van der Waals surface area contributed by atoms with Gasteiger partial charge in [-0.2, -0.15) is 5.26 Å². The van der Waals surface area contributed by atoms with Gasteiger partial charge in [0.1, 0.15) is 0 Å². The van der Waals surface area contributed by atoms with Crippen molar-refractivity contribution < 1.29 is 4.79 Å². The molecule has 1 amide bonds. The number of nitrogens with two attached hydrogens (primary N) is 2. The number of rotatable bonds is 4. The number of anilines is 2. The largest absolute Gasteiger partial charge is 0.397 e. The number of amides is 1. The van der Waals surface area contributed by atoms with E-state index in [1.165, 1.54) is 0 Å². The number of para-hydroxylation sites is 1. The SMILES string of the molecule is CC(CC#N)N(C)c1c(N)cccc1C(N)=O. The van der Waals surface area contributed by atoms with Gasteiger partial charge in [-0.3, -0.25) is 4.79 Å². The summed E-state index contributed by atoms with van der Waals surface area (Å²) in [6.45, 7) is 1.89. The molecule has 0 aliphatic heterocycles. The number of hydrogen-bond donors (Lipinski definition) is 2. The van der Waals surface area contributed by atoms with Gasteiger partial charge < -0.3 is 16.4 Å². The highest BCUT2D eigenvalue weighted by atomic mass is 16.1. The van der Waals surface area contributed by atoms with Crippen molar-refractivity contribution in [3.8, 4) is 6.07 Å².